The zero-order chi connectivity index (χ0) is 17.7. The zero-order valence-electron chi connectivity index (χ0n) is 14.3. The third-order valence-electron chi connectivity index (χ3n) is 5.89. The summed E-state index contributed by atoms with van der Waals surface area (Å²) in [4.78, 5) is 27.1. The van der Waals surface area contributed by atoms with Crippen LogP contribution in [0.25, 0.3) is 12.2 Å². The number of imide groups is 1. The largest absolute Gasteiger partial charge is 0.274 e. The van der Waals surface area contributed by atoms with Crippen LogP contribution in [0.3, 0.4) is 0 Å². The average molecular weight is 341 g/mol. The maximum absolute atomic E-state index is 12.8. The Hall–Kier alpha value is -2.94. The molecule has 4 atom stereocenters. The number of hydrogen-bond donors (Lipinski definition) is 0. The molecule has 3 aliphatic rings. The van der Waals surface area contributed by atoms with Gasteiger partial charge in [-0.3, -0.25) is 14.5 Å². The number of hydrogen-bond acceptors (Lipinski definition) is 2. The Morgan fingerprint density at radius 1 is 0.731 bits per heavy atom. The second-order valence-corrected chi connectivity index (χ2v) is 7.35. The predicted octanol–water partition coefficient (Wildman–Crippen LogP) is 4.17. The number of allylic oxidation sites excluding steroid dienone is 2. The number of benzene rings is 2. The second-order valence-electron chi connectivity index (χ2n) is 7.35. The summed E-state index contributed by atoms with van der Waals surface area (Å²) in [6, 6.07) is 17.8. The lowest BCUT2D eigenvalue weighted by Gasteiger charge is -2.17. The highest BCUT2D eigenvalue weighted by atomic mass is 16.2. The van der Waals surface area contributed by atoms with Gasteiger partial charge in [-0.1, -0.05) is 66.8 Å². The van der Waals surface area contributed by atoms with E-state index in [-0.39, 0.29) is 35.5 Å². The van der Waals surface area contributed by atoms with Gasteiger partial charge in [0, 0.05) is 0 Å². The van der Waals surface area contributed by atoms with Crippen molar-refractivity contribution in [2.75, 3.05) is 4.90 Å². The monoisotopic (exact) mass is 341 g/mol. The van der Waals surface area contributed by atoms with Crippen LogP contribution < -0.4 is 4.90 Å². The number of anilines is 1. The summed E-state index contributed by atoms with van der Waals surface area (Å²) in [7, 11) is 0. The second kappa shape index (κ2) is 5.80. The minimum Gasteiger partial charge on any atom is -0.274 e. The molecule has 4 unspecified atom stereocenters. The van der Waals surface area contributed by atoms with Crippen LogP contribution in [0.15, 0.2) is 66.7 Å². The van der Waals surface area contributed by atoms with E-state index in [0.717, 1.165) is 17.5 Å². The van der Waals surface area contributed by atoms with Gasteiger partial charge >= 0.3 is 0 Å². The molecule has 0 N–H and O–H groups in total. The van der Waals surface area contributed by atoms with E-state index in [2.05, 4.69) is 18.2 Å². The first-order valence-corrected chi connectivity index (χ1v) is 9.12. The predicted molar refractivity (Wildman–Crippen MR) is 102 cm³/mol. The molecule has 0 aromatic heterocycles. The van der Waals surface area contributed by atoms with Gasteiger partial charge in [0.2, 0.25) is 11.8 Å². The van der Waals surface area contributed by atoms with Crippen molar-refractivity contribution in [1.82, 2.24) is 0 Å². The molecule has 3 heteroatoms. The maximum Gasteiger partial charge on any atom is 0.238 e. The molecule has 0 spiro atoms. The van der Waals surface area contributed by atoms with E-state index in [9.17, 15) is 9.59 Å². The van der Waals surface area contributed by atoms with Crippen LogP contribution in [-0.2, 0) is 9.59 Å². The van der Waals surface area contributed by atoms with Crippen LogP contribution in [0.2, 0.25) is 0 Å². The molecule has 0 radical (unpaired) electrons. The van der Waals surface area contributed by atoms with Crippen molar-refractivity contribution in [2.24, 2.45) is 23.7 Å². The highest BCUT2D eigenvalue weighted by Crippen LogP contribution is 2.53. The normalized spacial score (nSPS) is 29.2. The average Bonchev–Trinajstić information content (AvgIpc) is 3.35. The van der Waals surface area contributed by atoms with Crippen LogP contribution in [0.5, 0.6) is 0 Å². The summed E-state index contributed by atoms with van der Waals surface area (Å²) < 4.78 is 0. The van der Waals surface area contributed by atoms with Gasteiger partial charge in [-0.2, -0.15) is 0 Å². The van der Waals surface area contributed by atoms with Crippen molar-refractivity contribution in [3.8, 4) is 0 Å². The summed E-state index contributed by atoms with van der Waals surface area (Å²) in [6.07, 6.45) is 9.29. The lowest BCUT2D eigenvalue weighted by atomic mass is 9.85. The van der Waals surface area contributed by atoms with Crippen molar-refractivity contribution in [1.29, 1.82) is 0 Å². The van der Waals surface area contributed by atoms with Crippen molar-refractivity contribution >= 4 is 29.7 Å². The Balaban J connectivity index is 1.38. The Morgan fingerprint density at radius 3 is 1.85 bits per heavy atom. The Morgan fingerprint density at radius 2 is 1.27 bits per heavy atom. The lowest BCUT2D eigenvalue weighted by molar-refractivity contribution is -0.123. The number of nitrogens with zero attached hydrogens (tertiary/aromatic N) is 1. The maximum atomic E-state index is 12.8. The van der Waals surface area contributed by atoms with Crippen LogP contribution in [-0.4, -0.2) is 11.8 Å². The van der Waals surface area contributed by atoms with Gasteiger partial charge in [-0.15, -0.1) is 0 Å². The van der Waals surface area contributed by atoms with Gasteiger partial charge in [0.05, 0.1) is 17.5 Å². The molecule has 1 saturated carbocycles. The number of carbonyl (C=O) groups excluding carboxylic acids is 2. The van der Waals surface area contributed by atoms with Crippen LogP contribution in [0.4, 0.5) is 5.69 Å². The topological polar surface area (TPSA) is 37.4 Å². The van der Waals surface area contributed by atoms with E-state index in [1.807, 2.05) is 60.7 Å². The molecule has 2 fully saturated rings. The fourth-order valence-electron chi connectivity index (χ4n) is 4.65. The molecule has 1 heterocycles. The van der Waals surface area contributed by atoms with E-state index in [4.69, 9.17) is 0 Å². The van der Waals surface area contributed by atoms with E-state index < -0.39 is 0 Å². The first kappa shape index (κ1) is 15.3. The van der Waals surface area contributed by atoms with Gasteiger partial charge in [-0.05, 0) is 41.5 Å². The molecular weight excluding hydrogens is 322 g/mol. The Bertz CT molecular complexity index is 896. The number of amides is 2. The highest BCUT2D eigenvalue weighted by molar-refractivity contribution is 6.22. The van der Waals surface area contributed by atoms with E-state index in [1.165, 1.54) is 4.90 Å². The van der Waals surface area contributed by atoms with Crippen molar-refractivity contribution in [3.05, 3.63) is 77.9 Å². The Kier molecular flexibility index (Phi) is 3.42. The smallest absolute Gasteiger partial charge is 0.238 e. The summed E-state index contributed by atoms with van der Waals surface area (Å²) in [5.41, 5.74) is 2.86. The SMILES string of the molecule is O=C1C2C3C=CC(C3)C2C(=O)N1c1ccc(C=Cc2ccccc2)cc1. The van der Waals surface area contributed by atoms with E-state index in [1.54, 1.807) is 0 Å². The first-order valence-electron chi connectivity index (χ1n) is 9.12. The standard InChI is InChI=1S/C23H19NO2/c25-22-20-17-10-11-18(14-17)21(20)23(26)24(22)19-12-8-16(9-13-19)7-6-15-4-2-1-3-5-15/h1-13,17-18,20-21H,14H2. The summed E-state index contributed by atoms with van der Waals surface area (Å²) >= 11 is 0. The molecule has 26 heavy (non-hydrogen) atoms. The molecule has 2 amide bonds. The molecule has 5 rings (SSSR count). The zero-order valence-corrected chi connectivity index (χ0v) is 14.3. The molecule has 2 aromatic rings. The minimum atomic E-state index is -0.143. The molecule has 1 saturated heterocycles. The molecule has 3 nitrogen and oxygen atoms in total. The highest BCUT2D eigenvalue weighted by Gasteiger charge is 2.59. The molecule has 128 valence electrons. The van der Waals surface area contributed by atoms with Crippen LogP contribution in [0.1, 0.15) is 17.5 Å². The van der Waals surface area contributed by atoms with Gasteiger partial charge in [0.25, 0.3) is 0 Å². The number of fused-ring (bicyclic) bond motifs is 5. The van der Waals surface area contributed by atoms with E-state index >= 15 is 0 Å². The minimum absolute atomic E-state index is 0.0237. The third-order valence-corrected chi connectivity index (χ3v) is 5.89. The quantitative estimate of drug-likeness (QED) is 0.477. The van der Waals surface area contributed by atoms with Crippen molar-refractivity contribution in [2.45, 2.75) is 6.42 Å². The first-order chi connectivity index (χ1) is 12.7. The van der Waals surface area contributed by atoms with Gasteiger partial charge < -0.3 is 0 Å². The van der Waals surface area contributed by atoms with E-state index in [0.29, 0.717) is 5.69 Å². The fourth-order valence-corrected chi connectivity index (χ4v) is 4.65. The van der Waals surface area contributed by atoms with Gasteiger partial charge in [-0.25, -0.2) is 0 Å². The Labute approximate surface area is 152 Å². The molecule has 2 bridgehead atoms. The summed E-state index contributed by atoms with van der Waals surface area (Å²) in [5, 5.41) is 0. The van der Waals surface area contributed by atoms with Crippen molar-refractivity contribution < 1.29 is 9.59 Å². The van der Waals surface area contributed by atoms with Crippen molar-refractivity contribution in [3.63, 3.8) is 0 Å². The number of rotatable bonds is 3. The third kappa shape index (κ3) is 2.27. The fraction of sp³-hybridized carbons (Fsp3) is 0.217. The van der Waals surface area contributed by atoms with Gasteiger partial charge in [0.1, 0.15) is 0 Å². The molecule has 2 aromatic carbocycles. The molecule has 1 aliphatic heterocycles. The molecular formula is C23H19NO2. The summed E-state index contributed by atoms with van der Waals surface area (Å²) in [6.45, 7) is 0. The van der Waals surface area contributed by atoms with Gasteiger partial charge in [0.15, 0.2) is 0 Å². The van der Waals surface area contributed by atoms with Crippen LogP contribution >= 0.6 is 0 Å². The summed E-state index contributed by atoms with van der Waals surface area (Å²) in [5.74, 6) is 0.165. The molecule has 2 aliphatic carbocycles. The lowest BCUT2D eigenvalue weighted by Crippen LogP contribution is -2.32. The van der Waals surface area contributed by atoms with Crippen LogP contribution in [0, 0.1) is 23.7 Å². The number of carbonyl (C=O) groups is 2.